The molecule has 1 saturated heterocycles. The third kappa shape index (κ3) is 1.42. The molecule has 0 amide bonds. The summed E-state index contributed by atoms with van der Waals surface area (Å²) in [6, 6.07) is 0.0879. The number of aromatic nitrogens is 4. The van der Waals surface area contributed by atoms with Gasteiger partial charge >= 0.3 is 5.69 Å². The van der Waals surface area contributed by atoms with Crippen molar-refractivity contribution in [3.05, 3.63) is 23.0 Å². The molecule has 84 valence electrons. The van der Waals surface area contributed by atoms with Gasteiger partial charge in [0, 0.05) is 6.61 Å². The van der Waals surface area contributed by atoms with E-state index in [1.54, 1.807) is 10.8 Å². The number of imidazole rings is 1. The second kappa shape index (κ2) is 3.71. The van der Waals surface area contributed by atoms with Crippen LogP contribution in [0.4, 0.5) is 0 Å². The third-order valence-electron chi connectivity index (χ3n) is 2.88. The van der Waals surface area contributed by atoms with E-state index < -0.39 is 0 Å². The van der Waals surface area contributed by atoms with Crippen molar-refractivity contribution in [2.24, 2.45) is 0 Å². The summed E-state index contributed by atoms with van der Waals surface area (Å²) in [7, 11) is 0. The minimum Gasteiger partial charge on any atom is -0.379 e. The lowest BCUT2D eigenvalue weighted by Gasteiger charge is -2.22. The van der Waals surface area contributed by atoms with Crippen LogP contribution in [0.3, 0.4) is 0 Å². The molecule has 3 heterocycles. The van der Waals surface area contributed by atoms with Gasteiger partial charge in [-0.05, 0) is 12.8 Å². The molecule has 0 aromatic carbocycles. The molecule has 2 aromatic rings. The zero-order valence-electron chi connectivity index (χ0n) is 8.72. The lowest BCUT2D eigenvalue weighted by molar-refractivity contribution is 0.0593. The summed E-state index contributed by atoms with van der Waals surface area (Å²) >= 11 is 0. The molecule has 0 radical (unpaired) electrons. The zero-order valence-corrected chi connectivity index (χ0v) is 8.72. The normalized spacial score (nSPS) is 21.4. The monoisotopic (exact) mass is 220 g/mol. The van der Waals surface area contributed by atoms with Gasteiger partial charge in [0.25, 0.3) is 0 Å². The van der Waals surface area contributed by atoms with E-state index in [4.69, 9.17) is 4.74 Å². The average molecular weight is 220 g/mol. The molecule has 1 N–H and O–H groups in total. The van der Waals surface area contributed by atoms with Gasteiger partial charge in [0.1, 0.15) is 11.8 Å². The van der Waals surface area contributed by atoms with Crippen molar-refractivity contribution in [2.45, 2.75) is 18.9 Å². The summed E-state index contributed by atoms with van der Waals surface area (Å²) < 4.78 is 7.07. The molecular formula is C10H12N4O2. The predicted octanol–water partition coefficient (Wildman–Crippen LogP) is 0.471. The van der Waals surface area contributed by atoms with E-state index in [1.165, 1.54) is 6.33 Å². The van der Waals surface area contributed by atoms with Crippen LogP contribution in [0.15, 0.2) is 17.3 Å². The van der Waals surface area contributed by atoms with Crippen LogP contribution < -0.4 is 5.69 Å². The molecule has 0 saturated carbocycles. The van der Waals surface area contributed by atoms with E-state index >= 15 is 0 Å². The number of fused-ring (bicyclic) bond motifs is 1. The molecule has 0 bridgehead atoms. The van der Waals surface area contributed by atoms with Crippen LogP contribution in [0.2, 0.25) is 0 Å². The summed E-state index contributed by atoms with van der Waals surface area (Å²) in [6.07, 6.45) is 5.01. The predicted molar refractivity (Wildman–Crippen MR) is 57.2 cm³/mol. The van der Waals surface area contributed by atoms with E-state index in [1.807, 2.05) is 0 Å². The SMILES string of the molecule is O=c1[nH]c2cncnc2n1C1CCCOC1. The minimum atomic E-state index is -0.133. The van der Waals surface area contributed by atoms with Crippen molar-refractivity contribution in [1.82, 2.24) is 19.5 Å². The molecule has 3 rings (SSSR count). The Bertz CT molecular complexity index is 553. The minimum absolute atomic E-state index is 0.0879. The Labute approximate surface area is 91.3 Å². The van der Waals surface area contributed by atoms with Crippen LogP contribution in [0, 0.1) is 0 Å². The van der Waals surface area contributed by atoms with Crippen molar-refractivity contribution in [1.29, 1.82) is 0 Å². The fourth-order valence-electron chi connectivity index (χ4n) is 2.14. The molecule has 1 aliphatic rings. The number of nitrogens with zero attached hydrogens (tertiary/aromatic N) is 3. The van der Waals surface area contributed by atoms with Gasteiger partial charge in [-0.25, -0.2) is 14.8 Å². The first-order valence-corrected chi connectivity index (χ1v) is 5.34. The van der Waals surface area contributed by atoms with Gasteiger partial charge in [0.2, 0.25) is 0 Å². The molecule has 1 fully saturated rings. The fraction of sp³-hybridized carbons (Fsp3) is 0.500. The zero-order chi connectivity index (χ0) is 11.0. The van der Waals surface area contributed by atoms with Crippen molar-refractivity contribution in [2.75, 3.05) is 13.2 Å². The molecule has 1 atom stereocenters. The number of rotatable bonds is 1. The maximum absolute atomic E-state index is 11.8. The van der Waals surface area contributed by atoms with Gasteiger partial charge in [-0.3, -0.25) is 4.57 Å². The largest absolute Gasteiger partial charge is 0.379 e. The lowest BCUT2D eigenvalue weighted by Crippen LogP contribution is -2.28. The summed E-state index contributed by atoms with van der Waals surface area (Å²) in [5.41, 5.74) is 1.21. The Morgan fingerprint density at radius 1 is 1.56 bits per heavy atom. The van der Waals surface area contributed by atoms with Crippen LogP contribution in [0.5, 0.6) is 0 Å². The van der Waals surface area contributed by atoms with Gasteiger partial charge in [-0.2, -0.15) is 0 Å². The Hall–Kier alpha value is -1.69. The summed E-state index contributed by atoms with van der Waals surface area (Å²) in [5.74, 6) is 0. The Morgan fingerprint density at radius 2 is 2.50 bits per heavy atom. The number of hydrogen-bond donors (Lipinski definition) is 1. The maximum Gasteiger partial charge on any atom is 0.328 e. The van der Waals surface area contributed by atoms with Crippen LogP contribution in [0.1, 0.15) is 18.9 Å². The quantitative estimate of drug-likeness (QED) is 0.758. The smallest absolute Gasteiger partial charge is 0.328 e. The Morgan fingerprint density at radius 3 is 3.31 bits per heavy atom. The highest BCUT2D eigenvalue weighted by atomic mass is 16.5. The van der Waals surface area contributed by atoms with Gasteiger partial charge in [-0.15, -0.1) is 0 Å². The fourth-order valence-corrected chi connectivity index (χ4v) is 2.14. The Balaban J connectivity index is 2.14. The molecule has 6 nitrogen and oxygen atoms in total. The number of aromatic amines is 1. The van der Waals surface area contributed by atoms with Gasteiger partial charge < -0.3 is 9.72 Å². The number of hydrogen-bond acceptors (Lipinski definition) is 4. The average Bonchev–Trinajstić information content (AvgIpc) is 2.66. The first-order chi connectivity index (χ1) is 7.86. The first-order valence-electron chi connectivity index (χ1n) is 5.34. The van der Waals surface area contributed by atoms with E-state index in [9.17, 15) is 4.79 Å². The van der Waals surface area contributed by atoms with Crippen LogP contribution in [0.25, 0.3) is 11.2 Å². The second-order valence-corrected chi connectivity index (χ2v) is 3.93. The lowest BCUT2D eigenvalue weighted by atomic mass is 10.1. The van der Waals surface area contributed by atoms with E-state index in [0.29, 0.717) is 17.8 Å². The molecule has 6 heteroatoms. The maximum atomic E-state index is 11.8. The molecule has 0 spiro atoms. The van der Waals surface area contributed by atoms with Crippen LogP contribution in [-0.4, -0.2) is 32.7 Å². The highest BCUT2D eigenvalue weighted by molar-refractivity contribution is 5.68. The van der Waals surface area contributed by atoms with Gasteiger partial charge in [0.15, 0.2) is 5.65 Å². The van der Waals surface area contributed by atoms with Crippen molar-refractivity contribution in [3.63, 3.8) is 0 Å². The molecule has 2 aromatic heterocycles. The molecule has 1 unspecified atom stereocenters. The third-order valence-corrected chi connectivity index (χ3v) is 2.88. The number of H-pyrrole nitrogens is 1. The van der Waals surface area contributed by atoms with E-state index in [0.717, 1.165) is 19.4 Å². The van der Waals surface area contributed by atoms with Crippen molar-refractivity contribution in [3.8, 4) is 0 Å². The summed E-state index contributed by atoms with van der Waals surface area (Å²) in [6.45, 7) is 1.36. The first kappa shape index (κ1) is 9.53. The molecule has 0 aliphatic carbocycles. The summed E-state index contributed by atoms with van der Waals surface area (Å²) in [4.78, 5) is 22.6. The van der Waals surface area contributed by atoms with Crippen LogP contribution >= 0.6 is 0 Å². The highest BCUT2D eigenvalue weighted by Gasteiger charge is 2.20. The van der Waals surface area contributed by atoms with Crippen LogP contribution in [-0.2, 0) is 4.74 Å². The highest BCUT2D eigenvalue weighted by Crippen LogP contribution is 2.20. The van der Waals surface area contributed by atoms with Gasteiger partial charge in [-0.1, -0.05) is 0 Å². The number of nitrogens with one attached hydrogen (secondary N) is 1. The Kier molecular flexibility index (Phi) is 2.21. The second-order valence-electron chi connectivity index (χ2n) is 3.93. The molecular weight excluding hydrogens is 208 g/mol. The number of ether oxygens (including phenoxy) is 1. The standard InChI is InChI=1S/C10H12N4O2/c15-10-13-8-4-11-6-12-9(8)14(10)7-2-1-3-16-5-7/h4,6-7H,1-3,5H2,(H,13,15). The molecule has 1 aliphatic heterocycles. The van der Waals surface area contributed by atoms with E-state index in [-0.39, 0.29) is 11.7 Å². The van der Waals surface area contributed by atoms with E-state index in [2.05, 4.69) is 15.0 Å². The molecule has 16 heavy (non-hydrogen) atoms. The van der Waals surface area contributed by atoms with Crippen molar-refractivity contribution >= 4 is 11.2 Å². The summed E-state index contributed by atoms with van der Waals surface area (Å²) in [5, 5.41) is 0. The topological polar surface area (TPSA) is 72.8 Å². The van der Waals surface area contributed by atoms with Crippen molar-refractivity contribution < 1.29 is 4.74 Å². The van der Waals surface area contributed by atoms with Gasteiger partial charge in [0.05, 0.1) is 18.8 Å².